The van der Waals surface area contributed by atoms with Crippen LogP contribution in [0.25, 0.3) is 0 Å². The Morgan fingerprint density at radius 1 is 0.857 bits per heavy atom. The Labute approximate surface area is 124 Å². The van der Waals surface area contributed by atoms with Crippen molar-refractivity contribution in [3.05, 3.63) is 33.4 Å². The van der Waals surface area contributed by atoms with Crippen LogP contribution in [0, 0.1) is 13.8 Å². The van der Waals surface area contributed by atoms with Gasteiger partial charge in [0.15, 0.2) is 0 Å². The zero-order valence-corrected chi connectivity index (χ0v) is 12.9. The molecule has 0 amide bonds. The Morgan fingerprint density at radius 2 is 1.24 bits per heavy atom. The molecule has 0 unspecified atom stereocenters. The summed E-state index contributed by atoms with van der Waals surface area (Å²) in [5.41, 5.74) is 5.11. The molecule has 3 rings (SSSR count). The highest BCUT2D eigenvalue weighted by molar-refractivity contribution is 6.06. The molecule has 2 atom stereocenters. The molecule has 4 heteroatoms. The fourth-order valence-corrected chi connectivity index (χ4v) is 4.32. The highest BCUT2D eigenvalue weighted by atomic mass is 16.5. The minimum Gasteiger partial charge on any atom is -0.465 e. The maximum atomic E-state index is 12.2. The lowest BCUT2D eigenvalue weighted by Crippen LogP contribution is -2.19. The summed E-state index contributed by atoms with van der Waals surface area (Å²) in [4.78, 5) is 24.4. The van der Waals surface area contributed by atoms with Gasteiger partial charge in [-0.05, 0) is 67.2 Å². The summed E-state index contributed by atoms with van der Waals surface area (Å²) in [7, 11) is 2.69. The number of carbonyl (C=O) groups excluding carboxylic acids is 2. The number of methoxy groups -OCH3 is 2. The first-order valence-electron chi connectivity index (χ1n) is 7.34. The number of benzene rings is 1. The van der Waals surface area contributed by atoms with Gasteiger partial charge < -0.3 is 9.47 Å². The van der Waals surface area contributed by atoms with Crippen LogP contribution in [0.5, 0.6) is 0 Å². The van der Waals surface area contributed by atoms with Gasteiger partial charge in [-0.3, -0.25) is 0 Å². The van der Waals surface area contributed by atoms with E-state index in [2.05, 4.69) is 0 Å². The summed E-state index contributed by atoms with van der Waals surface area (Å²) in [6, 6.07) is 0. The van der Waals surface area contributed by atoms with E-state index in [1.54, 1.807) is 0 Å². The lowest BCUT2D eigenvalue weighted by molar-refractivity contribution is 0.0553. The van der Waals surface area contributed by atoms with Crippen molar-refractivity contribution in [2.24, 2.45) is 0 Å². The van der Waals surface area contributed by atoms with Crippen molar-refractivity contribution < 1.29 is 19.1 Å². The van der Waals surface area contributed by atoms with E-state index in [4.69, 9.17) is 9.47 Å². The molecule has 2 aliphatic carbocycles. The quantitative estimate of drug-likeness (QED) is 0.784. The fraction of sp³-hybridized carbons (Fsp3) is 0.529. The van der Waals surface area contributed by atoms with Crippen LogP contribution in [-0.2, 0) is 9.47 Å². The SMILES string of the molecule is COC(=O)c1c(C)c2c(c(C)c1C(=O)OC)[C@@H]1CC[C@@H]2C1. The molecule has 0 aliphatic heterocycles. The Balaban J connectivity index is 2.34. The first kappa shape index (κ1) is 14.1. The zero-order chi connectivity index (χ0) is 15.3. The van der Waals surface area contributed by atoms with Crippen LogP contribution in [0.1, 0.15) is 74.1 Å². The number of rotatable bonds is 2. The molecule has 0 N–H and O–H groups in total. The highest BCUT2D eigenvalue weighted by Crippen LogP contribution is 2.56. The van der Waals surface area contributed by atoms with E-state index in [0.717, 1.165) is 17.5 Å². The maximum Gasteiger partial charge on any atom is 0.339 e. The highest BCUT2D eigenvalue weighted by Gasteiger charge is 2.42. The lowest BCUT2D eigenvalue weighted by atomic mass is 9.80. The first-order chi connectivity index (χ1) is 10.0. The number of fused-ring (bicyclic) bond motifs is 5. The minimum absolute atomic E-state index is 0.383. The van der Waals surface area contributed by atoms with Gasteiger partial charge in [0.2, 0.25) is 0 Å². The average molecular weight is 288 g/mol. The van der Waals surface area contributed by atoms with E-state index >= 15 is 0 Å². The molecular formula is C17H20O4. The molecule has 2 aliphatic rings. The van der Waals surface area contributed by atoms with Gasteiger partial charge in [0.05, 0.1) is 25.3 Å². The number of carbonyl (C=O) groups is 2. The molecule has 21 heavy (non-hydrogen) atoms. The predicted molar refractivity (Wildman–Crippen MR) is 77.9 cm³/mol. The third kappa shape index (κ3) is 1.81. The summed E-state index contributed by atoms with van der Waals surface area (Å²) in [5, 5.41) is 0. The number of hydrogen-bond acceptors (Lipinski definition) is 4. The van der Waals surface area contributed by atoms with Crippen LogP contribution in [0.2, 0.25) is 0 Å². The molecule has 4 nitrogen and oxygen atoms in total. The Bertz CT molecular complexity index is 590. The summed E-state index contributed by atoms with van der Waals surface area (Å²) in [5.74, 6) is 0.140. The van der Waals surface area contributed by atoms with Crippen molar-refractivity contribution in [2.75, 3.05) is 14.2 Å². The van der Waals surface area contributed by atoms with Gasteiger partial charge in [0, 0.05) is 0 Å². The second kappa shape index (κ2) is 4.86. The van der Waals surface area contributed by atoms with Gasteiger partial charge in [-0.2, -0.15) is 0 Å². The monoisotopic (exact) mass is 288 g/mol. The Hall–Kier alpha value is -1.84. The summed E-state index contributed by atoms with van der Waals surface area (Å²) in [6.07, 6.45) is 3.49. The van der Waals surface area contributed by atoms with Crippen LogP contribution in [0.3, 0.4) is 0 Å². The normalized spacial score (nSPS) is 22.1. The van der Waals surface area contributed by atoms with E-state index in [1.807, 2.05) is 13.8 Å². The molecular weight excluding hydrogens is 268 g/mol. The molecule has 1 fully saturated rings. The van der Waals surface area contributed by atoms with E-state index in [1.165, 1.54) is 38.2 Å². The van der Waals surface area contributed by atoms with E-state index in [-0.39, 0.29) is 0 Å². The Kier molecular flexibility index (Phi) is 3.27. The van der Waals surface area contributed by atoms with Gasteiger partial charge in [-0.25, -0.2) is 9.59 Å². The largest absolute Gasteiger partial charge is 0.465 e. The van der Waals surface area contributed by atoms with Crippen LogP contribution in [0.15, 0.2) is 0 Å². The smallest absolute Gasteiger partial charge is 0.339 e. The Morgan fingerprint density at radius 3 is 1.57 bits per heavy atom. The molecule has 1 saturated carbocycles. The van der Waals surface area contributed by atoms with Crippen LogP contribution in [-0.4, -0.2) is 26.2 Å². The van der Waals surface area contributed by atoms with Gasteiger partial charge in [-0.1, -0.05) is 0 Å². The second-order valence-corrected chi connectivity index (χ2v) is 6.02. The minimum atomic E-state index is -0.457. The number of esters is 2. The fourth-order valence-electron chi connectivity index (χ4n) is 4.32. The summed E-state index contributed by atoms with van der Waals surface area (Å²) < 4.78 is 9.80. The summed E-state index contributed by atoms with van der Waals surface area (Å²) in [6.45, 7) is 3.86. The van der Waals surface area contributed by atoms with E-state index < -0.39 is 11.9 Å². The first-order valence-corrected chi connectivity index (χ1v) is 7.34. The molecule has 0 heterocycles. The van der Waals surface area contributed by atoms with Crippen LogP contribution < -0.4 is 0 Å². The van der Waals surface area contributed by atoms with Crippen molar-refractivity contribution in [3.8, 4) is 0 Å². The third-order valence-electron chi connectivity index (χ3n) is 5.13. The van der Waals surface area contributed by atoms with Crippen molar-refractivity contribution >= 4 is 11.9 Å². The van der Waals surface area contributed by atoms with Crippen molar-refractivity contribution in [1.82, 2.24) is 0 Å². The van der Waals surface area contributed by atoms with Crippen molar-refractivity contribution in [1.29, 1.82) is 0 Å². The average Bonchev–Trinajstić information content (AvgIpc) is 3.10. The van der Waals surface area contributed by atoms with Crippen molar-refractivity contribution in [2.45, 2.75) is 44.9 Å². The molecule has 1 aromatic carbocycles. The zero-order valence-electron chi connectivity index (χ0n) is 12.9. The van der Waals surface area contributed by atoms with Crippen LogP contribution in [0.4, 0.5) is 0 Å². The van der Waals surface area contributed by atoms with Gasteiger partial charge in [0.1, 0.15) is 0 Å². The number of ether oxygens (including phenoxy) is 2. The van der Waals surface area contributed by atoms with E-state index in [0.29, 0.717) is 23.0 Å². The molecule has 2 bridgehead atoms. The summed E-state index contributed by atoms with van der Waals surface area (Å²) >= 11 is 0. The third-order valence-corrected chi connectivity index (χ3v) is 5.13. The van der Waals surface area contributed by atoms with Crippen LogP contribution >= 0.6 is 0 Å². The molecule has 0 radical (unpaired) electrons. The standard InChI is InChI=1S/C17H20O4/c1-8-12-10-5-6-11(7-10)13(12)9(2)15(17(19)21-4)14(8)16(18)20-3/h10-11H,5-7H2,1-4H3/t10-,11-/m1/s1. The predicted octanol–water partition coefficient (Wildman–Crippen LogP) is 3.24. The molecule has 0 spiro atoms. The van der Waals surface area contributed by atoms with Gasteiger partial charge >= 0.3 is 11.9 Å². The van der Waals surface area contributed by atoms with Gasteiger partial charge in [-0.15, -0.1) is 0 Å². The molecule has 0 aromatic heterocycles. The number of hydrogen-bond donors (Lipinski definition) is 0. The van der Waals surface area contributed by atoms with Gasteiger partial charge in [0.25, 0.3) is 0 Å². The molecule has 112 valence electrons. The van der Waals surface area contributed by atoms with Crippen molar-refractivity contribution in [3.63, 3.8) is 0 Å². The molecule has 0 saturated heterocycles. The lowest BCUT2D eigenvalue weighted by Gasteiger charge is -2.24. The van der Waals surface area contributed by atoms with E-state index in [9.17, 15) is 9.59 Å². The molecule has 1 aromatic rings. The maximum absolute atomic E-state index is 12.2. The topological polar surface area (TPSA) is 52.6 Å². The second-order valence-electron chi connectivity index (χ2n) is 6.02.